The molecule has 3 N–H and O–H groups in total. The molecule has 0 saturated heterocycles. The van der Waals surface area contributed by atoms with Gasteiger partial charge in [-0.05, 0) is 18.2 Å². The Hall–Kier alpha value is -1.85. The Morgan fingerprint density at radius 2 is 2.05 bits per heavy atom. The van der Waals surface area contributed by atoms with E-state index in [4.69, 9.17) is 22.1 Å². The number of hydrogen-bond acceptors (Lipinski definition) is 4. The van der Waals surface area contributed by atoms with Gasteiger partial charge in [0, 0.05) is 21.5 Å². The summed E-state index contributed by atoms with van der Waals surface area (Å²) in [5.41, 5.74) is 7.24. The summed E-state index contributed by atoms with van der Waals surface area (Å²) in [6.07, 6.45) is 0. The normalized spacial score (nSPS) is 13.3. The number of benzene rings is 2. The lowest BCUT2D eigenvalue weighted by Gasteiger charge is -2.19. The molecule has 1 amide bonds. The Kier molecular flexibility index (Phi) is 3.46. The second kappa shape index (κ2) is 5.26. The van der Waals surface area contributed by atoms with E-state index in [-0.39, 0.29) is 12.5 Å². The molecule has 0 spiro atoms. The molecule has 0 aromatic heterocycles. The summed E-state index contributed by atoms with van der Waals surface area (Å²) in [4.78, 5) is 13.1. The van der Waals surface area contributed by atoms with Gasteiger partial charge in [-0.25, -0.2) is 0 Å². The van der Waals surface area contributed by atoms with Crippen LogP contribution in [0.5, 0.6) is 5.75 Å². The molecular weight excluding hydrogens is 296 g/mol. The van der Waals surface area contributed by atoms with Gasteiger partial charge in [0.05, 0.1) is 10.7 Å². The van der Waals surface area contributed by atoms with Gasteiger partial charge >= 0.3 is 0 Å². The highest BCUT2D eigenvalue weighted by molar-refractivity contribution is 7.99. The Bertz CT molecular complexity index is 691. The van der Waals surface area contributed by atoms with E-state index in [2.05, 4.69) is 5.32 Å². The molecule has 0 aliphatic carbocycles. The molecule has 0 saturated carbocycles. The van der Waals surface area contributed by atoms with Gasteiger partial charge in [-0.2, -0.15) is 0 Å². The quantitative estimate of drug-likeness (QED) is 0.835. The lowest BCUT2D eigenvalue weighted by Crippen LogP contribution is -2.25. The molecule has 0 fully saturated rings. The van der Waals surface area contributed by atoms with Crippen LogP contribution in [0.3, 0.4) is 0 Å². The minimum Gasteiger partial charge on any atom is -0.482 e. The monoisotopic (exact) mass is 306 g/mol. The maximum absolute atomic E-state index is 11.3. The lowest BCUT2D eigenvalue weighted by molar-refractivity contribution is -0.118. The Morgan fingerprint density at radius 1 is 1.25 bits per heavy atom. The third-order valence-electron chi connectivity index (χ3n) is 2.80. The Balaban J connectivity index is 1.96. The molecule has 0 radical (unpaired) electrons. The summed E-state index contributed by atoms with van der Waals surface area (Å²) >= 11 is 7.59. The number of hydrogen-bond donors (Lipinski definition) is 2. The second-order valence-corrected chi connectivity index (χ2v) is 5.75. The zero-order valence-corrected chi connectivity index (χ0v) is 11.9. The third kappa shape index (κ3) is 2.55. The molecule has 1 aliphatic rings. The number of amides is 1. The molecule has 20 heavy (non-hydrogen) atoms. The van der Waals surface area contributed by atoms with Crippen LogP contribution in [0.2, 0.25) is 5.02 Å². The smallest absolute Gasteiger partial charge is 0.262 e. The number of rotatable bonds is 2. The van der Waals surface area contributed by atoms with Crippen molar-refractivity contribution in [3.63, 3.8) is 0 Å². The van der Waals surface area contributed by atoms with Crippen LogP contribution < -0.4 is 15.8 Å². The van der Waals surface area contributed by atoms with E-state index < -0.39 is 0 Å². The van der Waals surface area contributed by atoms with Crippen LogP contribution in [0.15, 0.2) is 46.2 Å². The number of nitrogens with one attached hydrogen (secondary N) is 1. The van der Waals surface area contributed by atoms with Gasteiger partial charge in [-0.15, -0.1) is 0 Å². The molecule has 0 bridgehead atoms. The molecular formula is C14H11ClN2O2S. The van der Waals surface area contributed by atoms with Gasteiger partial charge < -0.3 is 15.8 Å². The predicted octanol–water partition coefficient (Wildman–Crippen LogP) is 3.40. The summed E-state index contributed by atoms with van der Waals surface area (Å²) < 4.78 is 5.32. The highest BCUT2D eigenvalue weighted by Crippen LogP contribution is 2.41. The van der Waals surface area contributed by atoms with Gasteiger partial charge in [0.25, 0.3) is 5.91 Å². The molecule has 0 unspecified atom stereocenters. The minimum atomic E-state index is -0.170. The van der Waals surface area contributed by atoms with Gasteiger partial charge in [-0.3, -0.25) is 4.79 Å². The first-order valence-electron chi connectivity index (χ1n) is 5.92. The highest BCUT2D eigenvalue weighted by Gasteiger charge is 2.18. The Morgan fingerprint density at radius 3 is 2.85 bits per heavy atom. The Labute approximate surface area is 125 Å². The zero-order valence-electron chi connectivity index (χ0n) is 10.4. The number of carbonyl (C=O) groups is 1. The van der Waals surface area contributed by atoms with Crippen LogP contribution in [-0.2, 0) is 4.79 Å². The molecule has 1 heterocycles. The third-order valence-corrected chi connectivity index (χ3v) is 4.39. The number of fused-ring (bicyclic) bond motifs is 1. The summed E-state index contributed by atoms with van der Waals surface area (Å²) in [5, 5.41) is 3.42. The predicted molar refractivity (Wildman–Crippen MR) is 80.6 cm³/mol. The van der Waals surface area contributed by atoms with Crippen LogP contribution in [0, 0.1) is 0 Å². The van der Waals surface area contributed by atoms with E-state index in [1.54, 1.807) is 12.1 Å². The number of nitrogen functional groups attached to an aromatic ring is 1. The van der Waals surface area contributed by atoms with E-state index in [1.807, 2.05) is 24.3 Å². The number of halogens is 1. The molecule has 102 valence electrons. The van der Waals surface area contributed by atoms with Gasteiger partial charge in [-0.1, -0.05) is 35.5 Å². The fraction of sp³-hybridized carbons (Fsp3) is 0.0714. The van der Waals surface area contributed by atoms with Crippen molar-refractivity contribution in [2.45, 2.75) is 9.79 Å². The second-order valence-electron chi connectivity index (χ2n) is 4.26. The van der Waals surface area contributed by atoms with E-state index in [0.717, 1.165) is 9.79 Å². The van der Waals surface area contributed by atoms with Crippen LogP contribution in [0.4, 0.5) is 11.4 Å². The van der Waals surface area contributed by atoms with Crippen LogP contribution >= 0.6 is 23.4 Å². The molecule has 6 heteroatoms. The standard InChI is InChI=1S/C14H11ClN2O2S/c15-8-3-1-2-4-12(8)20-13-6-10-11(5-9(13)16)19-7-14(18)17-10/h1-6H,7,16H2,(H,17,18). The molecule has 0 atom stereocenters. The maximum atomic E-state index is 11.3. The van der Waals surface area contributed by atoms with Crippen molar-refractivity contribution in [3.05, 3.63) is 41.4 Å². The van der Waals surface area contributed by atoms with Crippen molar-refractivity contribution < 1.29 is 9.53 Å². The first kappa shape index (κ1) is 13.1. The van der Waals surface area contributed by atoms with Gasteiger partial charge in [0.2, 0.25) is 0 Å². The van der Waals surface area contributed by atoms with Gasteiger partial charge in [0.15, 0.2) is 6.61 Å². The minimum absolute atomic E-state index is 0.0173. The zero-order chi connectivity index (χ0) is 14.1. The topological polar surface area (TPSA) is 64.3 Å². The largest absolute Gasteiger partial charge is 0.482 e. The summed E-state index contributed by atoms with van der Waals surface area (Å²) in [6, 6.07) is 11.0. The number of nitrogens with two attached hydrogens (primary N) is 1. The van der Waals surface area contributed by atoms with Crippen LogP contribution in [0.25, 0.3) is 0 Å². The van der Waals surface area contributed by atoms with Crippen molar-refractivity contribution in [1.29, 1.82) is 0 Å². The number of anilines is 2. The highest BCUT2D eigenvalue weighted by atomic mass is 35.5. The van der Waals surface area contributed by atoms with Crippen molar-refractivity contribution >= 4 is 40.6 Å². The van der Waals surface area contributed by atoms with E-state index in [0.29, 0.717) is 22.1 Å². The molecule has 3 rings (SSSR count). The van der Waals surface area contributed by atoms with Crippen LogP contribution in [0.1, 0.15) is 0 Å². The van der Waals surface area contributed by atoms with E-state index >= 15 is 0 Å². The fourth-order valence-electron chi connectivity index (χ4n) is 1.86. The van der Waals surface area contributed by atoms with Crippen molar-refractivity contribution in [2.75, 3.05) is 17.7 Å². The molecule has 2 aromatic rings. The first-order chi connectivity index (χ1) is 9.63. The number of ether oxygens (including phenoxy) is 1. The SMILES string of the molecule is Nc1cc2c(cc1Sc1ccccc1Cl)NC(=O)CO2. The van der Waals surface area contributed by atoms with Crippen molar-refractivity contribution in [2.24, 2.45) is 0 Å². The maximum Gasteiger partial charge on any atom is 0.262 e. The van der Waals surface area contributed by atoms with Crippen molar-refractivity contribution in [3.8, 4) is 5.75 Å². The van der Waals surface area contributed by atoms with Crippen molar-refractivity contribution in [1.82, 2.24) is 0 Å². The molecule has 2 aromatic carbocycles. The average Bonchev–Trinajstić information content (AvgIpc) is 2.42. The number of carbonyl (C=O) groups excluding carboxylic acids is 1. The lowest BCUT2D eigenvalue weighted by atomic mass is 10.2. The first-order valence-corrected chi connectivity index (χ1v) is 7.11. The molecule has 1 aliphatic heterocycles. The summed E-state index contributed by atoms with van der Waals surface area (Å²) in [7, 11) is 0. The molecule has 4 nitrogen and oxygen atoms in total. The van der Waals surface area contributed by atoms with E-state index in [9.17, 15) is 4.79 Å². The average molecular weight is 307 g/mol. The fourth-order valence-corrected chi connectivity index (χ4v) is 3.01. The summed E-state index contributed by atoms with van der Waals surface area (Å²) in [5.74, 6) is 0.418. The van der Waals surface area contributed by atoms with E-state index in [1.165, 1.54) is 11.8 Å². The van der Waals surface area contributed by atoms with Crippen LogP contribution in [-0.4, -0.2) is 12.5 Å². The van der Waals surface area contributed by atoms with Gasteiger partial charge in [0.1, 0.15) is 5.75 Å². The summed E-state index contributed by atoms with van der Waals surface area (Å²) in [6.45, 7) is 0.0173.